The number of allylic oxidation sites excluding steroid dienone is 1. The van der Waals surface area contributed by atoms with Crippen LogP contribution in [0.3, 0.4) is 0 Å². The zero-order valence-electron chi connectivity index (χ0n) is 19.2. The van der Waals surface area contributed by atoms with Gasteiger partial charge in [-0.1, -0.05) is 11.6 Å². The van der Waals surface area contributed by atoms with Crippen LogP contribution in [-0.4, -0.2) is 47.4 Å². The monoisotopic (exact) mass is 501 g/mol. The highest BCUT2D eigenvalue weighted by Crippen LogP contribution is 2.30. The molecule has 34 heavy (non-hydrogen) atoms. The molecule has 4 amide bonds. The highest BCUT2D eigenvalue weighted by molar-refractivity contribution is 7.10. The number of urea groups is 1. The van der Waals surface area contributed by atoms with Gasteiger partial charge in [-0.3, -0.25) is 20.4 Å². The first-order chi connectivity index (χ1) is 16.6. The zero-order valence-corrected chi connectivity index (χ0v) is 20.8. The second kappa shape index (κ2) is 12.1. The molecule has 1 aliphatic heterocycles. The third kappa shape index (κ3) is 6.89. The third-order valence-corrected chi connectivity index (χ3v) is 7.99. The molecule has 0 bridgehead atoms. The van der Waals surface area contributed by atoms with Crippen LogP contribution in [0.5, 0.6) is 0 Å². The molecular weight excluding hydrogens is 470 g/mol. The van der Waals surface area contributed by atoms with Gasteiger partial charge in [-0.05, 0) is 67.3 Å². The van der Waals surface area contributed by atoms with Crippen molar-refractivity contribution in [2.75, 3.05) is 19.6 Å². The first-order valence-electron chi connectivity index (χ1n) is 11.8. The Balaban J connectivity index is 1.17. The summed E-state index contributed by atoms with van der Waals surface area (Å²) in [4.78, 5) is 43.2. The molecule has 0 aromatic carbocycles. The standard InChI is InChI=1S/C24H31N5O3S2/c30-21(14-18-9-13-33-15-18)27-28-22(31)20-16-34-23(26-20)19-7-11-29(12-8-19)24(32)25-10-6-17-4-2-1-3-5-17/h4,9,13,15-16,19H,1-3,5-8,10-12,14H2,(H,25,32)(H,27,30)(H,28,31). The maximum atomic E-state index is 12.5. The Labute approximate surface area is 207 Å². The predicted octanol–water partition coefficient (Wildman–Crippen LogP) is 3.99. The molecule has 2 aromatic rings. The second-order valence-electron chi connectivity index (χ2n) is 8.73. The largest absolute Gasteiger partial charge is 0.338 e. The third-order valence-electron chi connectivity index (χ3n) is 6.25. The molecule has 10 heteroatoms. The zero-order chi connectivity index (χ0) is 23.8. The number of nitrogens with one attached hydrogen (secondary N) is 3. The Morgan fingerprint density at radius 2 is 1.97 bits per heavy atom. The van der Waals surface area contributed by atoms with Gasteiger partial charge in [0.05, 0.1) is 11.4 Å². The summed E-state index contributed by atoms with van der Waals surface area (Å²) in [7, 11) is 0. The molecule has 0 unspecified atom stereocenters. The number of thiophene rings is 1. The van der Waals surface area contributed by atoms with E-state index in [9.17, 15) is 14.4 Å². The van der Waals surface area contributed by atoms with Crippen LogP contribution in [0.4, 0.5) is 4.79 Å². The minimum Gasteiger partial charge on any atom is -0.338 e. The lowest BCUT2D eigenvalue weighted by molar-refractivity contribution is -0.121. The SMILES string of the molecule is O=C(Cc1ccsc1)NNC(=O)c1csc(C2CCN(C(=O)NCCC3=CCCCC3)CC2)n1. The maximum Gasteiger partial charge on any atom is 0.317 e. The van der Waals surface area contributed by atoms with Crippen LogP contribution in [-0.2, 0) is 11.2 Å². The highest BCUT2D eigenvalue weighted by Gasteiger charge is 2.26. The first-order valence-corrected chi connectivity index (χ1v) is 13.7. The van der Waals surface area contributed by atoms with E-state index in [0.29, 0.717) is 25.3 Å². The van der Waals surface area contributed by atoms with Crippen molar-refractivity contribution < 1.29 is 14.4 Å². The van der Waals surface area contributed by atoms with Crippen LogP contribution in [0, 0.1) is 0 Å². The van der Waals surface area contributed by atoms with Crippen LogP contribution in [0.2, 0.25) is 0 Å². The molecule has 0 spiro atoms. The summed E-state index contributed by atoms with van der Waals surface area (Å²) in [6, 6.07) is 1.88. The topological polar surface area (TPSA) is 103 Å². The molecule has 0 saturated carbocycles. The number of carbonyl (C=O) groups excluding carboxylic acids is 3. The molecule has 2 aromatic heterocycles. The van der Waals surface area contributed by atoms with E-state index in [2.05, 4.69) is 27.2 Å². The summed E-state index contributed by atoms with van der Waals surface area (Å²) in [6.45, 7) is 2.05. The summed E-state index contributed by atoms with van der Waals surface area (Å²) in [5.74, 6) is -0.467. The van der Waals surface area contributed by atoms with Gasteiger partial charge in [0.1, 0.15) is 5.69 Å². The van der Waals surface area contributed by atoms with E-state index >= 15 is 0 Å². The van der Waals surface area contributed by atoms with E-state index in [1.165, 1.54) is 47.5 Å². The van der Waals surface area contributed by atoms with Gasteiger partial charge in [0.25, 0.3) is 5.91 Å². The van der Waals surface area contributed by atoms with Crippen molar-refractivity contribution >= 4 is 40.5 Å². The number of hydrazine groups is 1. The van der Waals surface area contributed by atoms with E-state index in [1.54, 1.807) is 5.38 Å². The van der Waals surface area contributed by atoms with Gasteiger partial charge in [-0.2, -0.15) is 11.3 Å². The number of carbonyl (C=O) groups is 3. The van der Waals surface area contributed by atoms with Gasteiger partial charge < -0.3 is 10.2 Å². The number of hydrogen-bond donors (Lipinski definition) is 3. The fraction of sp³-hybridized carbons (Fsp3) is 0.500. The lowest BCUT2D eigenvalue weighted by Gasteiger charge is -2.31. The average molecular weight is 502 g/mol. The Kier molecular flexibility index (Phi) is 8.70. The van der Waals surface area contributed by atoms with E-state index < -0.39 is 5.91 Å². The highest BCUT2D eigenvalue weighted by atomic mass is 32.1. The van der Waals surface area contributed by atoms with Crippen LogP contribution >= 0.6 is 22.7 Å². The normalized spacial score (nSPS) is 16.6. The Bertz CT molecular complexity index is 1010. The van der Waals surface area contributed by atoms with Gasteiger partial charge in [-0.25, -0.2) is 9.78 Å². The summed E-state index contributed by atoms with van der Waals surface area (Å²) in [5.41, 5.74) is 7.56. The molecule has 0 atom stereocenters. The molecule has 1 aliphatic carbocycles. The Morgan fingerprint density at radius 1 is 1.12 bits per heavy atom. The van der Waals surface area contributed by atoms with Gasteiger partial charge in [0, 0.05) is 30.9 Å². The van der Waals surface area contributed by atoms with Crippen LogP contribution in [0.1, 0.15) is 71.9 Å². The van der Waals surface area contributed by atoms with E-state index in [-0.39, 0.29) is 24.3 Å². The van der Waals surface area contributed by atoms with Crippen molar-refractivity contribution in [3.63, 3.8) is 0 Å². The predicted molar refractivity (Wildman–Crippen MR) is 134 cm³/mol. The molecule has 8 nitrogen and oxygen atoms in total. The van der Waals surface area contributed by atoms with Gasteiger partial charge >= 0.3 is 6.03 Å². The van der Waals surface area contributed by atoms with Gasteiger partial charge in [0.15, 0.2) is 0 Å². The molecule has 3 N–H and O–H groups in total. The lowest BCUT2D eigenvalue weighted by atomic mass is 9.97. The van der Waals surface area contributed by atoms with Crippen LogP contribution < -0.4 is 16.2 Å². The van der Waals surface area contributed by atoms with Crippen LogP contribution in [0.25, 0.3) is 0 Å². The lowest BCUT2D eigenvalue weighted by Crippen LogP contribution is -2.44. The molecule has 0 radical (unpaired) electrons. The first kappa shape index (κ1) is 24.4. The van der Waals surface area contributed by atoms with Gasteiger partial charge in [0.2, 0.25) is 5.91 Å². The molecule has 4 rings (SSSR count). The molecule has 182 valence electrons. The molecular formula is C24H31N5O3S2. The average Bonchev–Trinajstić information content (AvgIpc) is 3.56. The smallest absolute Gasteiger partial charge is 0.317 e. The minimum absolute atomic E-state index is 0.00672. The van der Waals surface area contributed by atoms with Gasteiger partial charge in [-0.15, -0.1) is 11.3 Å². The number of rotatable bonds is 7. The number of nitrogens with zero attached hydrogens (tertiary/aromatic N) is 2. The van der Waals surface area contributed by atoms with Crippen molar-refractivity contribution in [2.45, 2.75) is 57.3 Å². The van der Waals surface area contributed by atoms with Crippen molar-refractivity contribution in [1.29, 1.82) is 0 Å². The number of hydrogen-bond acceptors (Lipinski definition) is 6. The van der Waals surface area contributed by atoms with E-state index in [1.807, 2.05) is 21.7 Å². The Morgan fingerprint density at radius 3 is 2.71 bits per heavy atom. The minimum atomic E-state index is -0.425. The molecule has 1 fully saturated rings. The Hall–Kier alpha value is -2.72. The van der Waals surface area contributed by atoms with Crippen molar-refractivity contribution in [3.05, 3.63) is 50.1 Å². The number of piperidine rings is 1. The quantitative estimate of drug-likeness (QED) is 0.394. The summed E-state index contributed by atoms with van der Waals surface area (Å²) in [5, 5.41) is 9.48. The van der Waals surface area contributed by atoms with Crippen molar-refractivity contribution in [1.82, 2.24) is 26.1 Å². The fourth-order valence-electron chi connectivity index (χ4n) is 4.30. The summed E-state index contributed by atoms with van der Waals surface area (Å²) >= 11 is 2.98. The summed E-state index contributed by atoms with van der Waals surface area (Å²) in [6.07, 6.45) is 10.0. The molecule has 3 heterocycles. The molecule has 1 saturated heterocycles. The number of likely N-dealkylation sites (tertiary alicyclic amines) is 1. The van der Waals surface area contributed by atoms with Crippen LogP contribution in [0.15, 0.2) is 33.9 Å². The second-order valence-corrected chi connectivity index (χ2v) is 10.4. The number of thiazole rings is 1. The summed E-state index contributed by atoms with van der Waals surface area (Å²) < 4.78 is 0. The molecule has 2 aliphatic rings. The number of amides is 4. The fourth-order valence-corrected chi connectivity index (χ4v) is 5.94. The maximum absolute atomic E-state index is 12.5. The number of aromatic nitrogens is 1. The van der Waals surface area contributed by atoms with E-state index in [4.69, 9.17) is 0 Å². The van der Waals surface area contributed by atoms with Crippen molar-refractivity contribution in [3.8, 4) is 0 Å². The van der Waals surface area contributed by atoms with Crippen molar-refractivity contribution in [2.24, 2.45) is 0 Å². The van der Waals surface area contributed by atoms with E-state index in [0.717, 1.165) is 36.3 Å².